The highest BCUT2D eigenvalue weighted by molar-refractivity contribution is 5.87. The fraction of sp³-hybridized carbons (Fsp3) is 0.828. The molecule has 1 spiro atoms. The minimum Gasteiger partial charge on any atom is -0.465 e. The van der Waals surface area contributed by atoms with E-state index in [4.69, 9.17) is 28.4 Å². The monoisotopic (exact) mass is 550 g/mol. The summed E-state index contributed by atoms with van der Waals surface area (Å²) in [4.78, 5) is 37.9. The lowest BCUT2D eigenvalue weighted by Gasteiger charge is -2.65. The van der Waals surface area contributed by atoms with E-state index in [1.54, 1.807) is 19.9 Å². The third kappa shape index (κ3) is 4.33. The van der Waals surface area contributed by atoms with Crippen LogP contribution in [-0.2, 0) is 42.8 Å². The molecular formula is C29H42O10. The van der Waals surface area contributed by atoms with E-state index in [-0.39, 0.29) is 43.9 Å². The van der Waals surface area contributed by atoms with Gasteiger partial charge in [0.25, 0.3) is 0 Å². The molecule has 0 aromatic rings. The van der Waals surface area contributed by atoms with E-state index in [2.05, 4.69) is 13.8 Å². The van der Waals surface area contributed by atoms with Gasteiger partial charge in [-0.05, 0) is 39.0 Å². The molecule has 5 fully saturated rings. The van der Waals surface area contributed by atoms with Gasteiger partial charge in [0, 0.05) is 43.1 Å². The maximum atomic E-state index is 13.2. The number of hydrogen-bond donors (Lipinski definition) is 1. The molecule has 0 amide bonds. The van der Waals surface area contributed by atoms with Crippen LogP contribution >= 0.6 is 0 Å². The van der Waals surface area contributed by atoms with Crippen molar-refractivity contribution in [3.05, 3.63) is 11.6 Å². The van der Waals surface area contributed by atoms with Crippen LogP contribution in [0.2, 0.25) is 0 Å². The number of carbonyl (C=O) groups is 3. The molecule has 10 nitrogen and oxygen atoms in total. The number of esters is 3. The number of epoxide rings is 1. The Bertz CT molecular complexity index is 1020. The molecule has 11 atom stereocenters. The Labute approximate surface area is 229 Å². The largest absolute Gasteiger partial charge is 0.465 e. The van der Waals surface area contributed by atoms with E-state index < -0.39 is 58.6 Å². The van der Waals surface area contributed by atoms with E-state index in [0.29, 0.717) is 18.6 Å². The Morgan fingerprint density at radius 3 is 2.38 bits per heavy atom. The predicted molar refractivity (Wildman–Crippen MR) is 136 cm³/mol. The highest BCUT2D eigenvalue weighted by Gasteiger charge is 2.81. The maximum absolute atomic E-state index is 13.2. The van der Waals surface area contributed by atoms with Gasteiger partial charge in [0.2, 0.25) is 0 Å². The van der Waals surface area contributed by atoms with Crippen LogP contribution in [0, 0.1) is 28.6 Å². The van der Waals surface area contributed by atoms with Gasteiger partial charge in [0.15, 0.2) is 6.29 Å². The van der Waals surface area contributed by atoms with Gasteiger partial charge in [-0.1, -0.05) is 19.9 Å². The van der Waals surface area contributed by atoms with Crippen molar-refractivity contribution in [3.63, 3.8) is 0 Å². The van der Waals surface area contributed by atoms with Crippen LogP contribution in [0.3, 0.4) is 0 Å². The van der Waals surface area contributed by atoms with E-state index in [9.17, 15) is 19.5 Å². The van der Waals surface area contributed by atoms with E-state index in [1.807, 2.05) is 0 Å². The smallest absolute Gasteiger partial charge is 0.333 e. The van der Waals surface area contributed by atoms with Crippen molar-refractivity contribution in [3.8, 4) is 0 Å². The second-order valence-corrected chi connectivity index (χ2v) is 12.4. The average molecular weight is 551 g/mol. The first-order valence-electron chi connectivity index (χ1n) is 14.1. The predicted octanol–water partition coefficient (Wildman–Crippen LogP) is 2.69. The van der Waals surface area contributed by atoms with E-state index in [1.165, 1.54) is 13.8 Å². The van der Waals surface area contributed by atoms with Gasteiger partial charge in [-0.25, -0.2) is 4.79 Å². The van der Waals surface area contributed by atoms with E-state index in [0.717, 1.165) is 12.8 Å². The van der Waals surface area contributed by atoms with Crippen LogP contribution in [0.4, 0.5) is 0 Å². The summed E-state index contributed by atoms with van der Waals surface area (Å²) < 4.78 is 36.5. The molecule has 0 unspecified atom stereocenters. The molecule has 0 radical (unpaired) electrons. The minimum absolute atomic E-state index is 0.0452. The third-order valence-corrected chi connectivity index (χ3v) is 10.5. The Morgan fingerprint density at radius 1 is 1.08 bits per heavy atom. The summed E-state index contributed by atoms with van der Waals surface area (Å²) in [6.45, 7) is 11.1. The number of carbonyl (C=O) groups excluding carboxylic acids is 3. The topological polar surface area (TPSA) is 130 Å². The molecule has 5 rings (SSSR count). The Morgan fingerprint density at radius 2 is 1.79 bits per heavy atom. The van der Waals surface area contributed by atoms with Crippen molar-refractivity contribution in [1.29, 1.82) is 0 Å². The van der Waals surface area contributed by atoms with Crippen molar-refractivity contribution >= 4 is 17.9 Å². The zero-order chi connectivity index (χ0) is 28.3. The molecule has 10 heteroatoms. The molecular weight excluding hydrogens is 508 g/mol. The highest BCUT2D eigenvalue weighted by atomic mass is 16.7. The van der Waals surface area contributed by atoms with Crippen LogP contribution in [0.1, 0.15) is 67.2 Å². The number of fused-ring (bicyclic) bond motifs is 3. The summed E-state index contributed by atoms with van der Waals surface area (Å²) in [5.41, 5.74) is -2.49. The molecule has 3 saturated heterocycles. The van der Waals surface area contributed by atoms with Gasteiger partial charge < -0.3 is 33.5 Å². The Kier molecular flexibility index (Phi) is 7.40. The zero-order valence-electron chi connectivity index (χ0n) is 23.8. The van der Waals surface area contributed by atoms with Gasteiger partial charge in [0.1, 0.15) is 24.4 Å². The molecule has 3 heterocycles. The second-order valence-electron chi connectivity index (χ2n) is 12.4. The lowest BCUT2D eigenvalue weighted by molar-refractivity contribution is -0.292. The van der Waals surface area contributed by atoms with Crippen LogP contribution in [0.25, 0.3) is 0 Å². The Balaban J connectivity index is 1.68. The van der Waals surface area contributed by atoms with Gasteiger partial charge in [-0.3, -0.25) is 9.59 Å². The fourth-order valence-electron chi connectivity index (χ4n) is 8.25. The molecule has 2 aliphatic carbocycles. The number of allylic oxidation sites excluding steroid dienone is 1. The van der Waals surface area contributed by atoms with Gasteiger partial charge in [0.05, 0.1) is 30.8 Å². The first-order valence-corrected chi connectivity index (χ1v) is 14.1. The molecule has 0 aromatic heterocycles. The number of aliphatic hydroxyl groups is 1. The van der Waals surface area contributed by atoms with Crippen molar-refractivity contribution in [1.82, 2.24) is 0 Å². The summed E-state index contributed by atoms with van der Waals surface area (Å²) in [5.74, 6) is -1.78. The lowest BCUT2D eigenvalue weighted by Crippen LogP contribution is -2.75. The normalized spacial score (nSPS) is 46.8. The molecule has 218 valence electrons. The zero-order valence-corrected chi connectivity index (χ0v) is 23.8. The van der Waals surface area contributed by atoms with Crippen LogP contribution in [-0.4, -0.2) is 79.1 Å². The molecule has 2 saturated carbocycles. The number of hydrogen-bond acceptors (Lipinski definition) is 10. The first-order chi connectivity index (χ1) is 18.4. The lowest BCUT2D eigenvalue weighted by atomic mass is 9.41. The Hall–Kier alpha value is -2.01. The molecule has 3 aliphatic heterocycles. The summed E-state index contributed by atoms with van der Waals surface area (Å²) in [7, 11) is 0. The van der Waals surface area contributed by atoms with Crippen LogP contribution in [0.15, 0.2) is 11.6 Å². The number of aliphatic hydroxyl groups excluding tert-OH is 1. The summed E-state index contributed by atoms with van der Waals surface area (Å²) >= 11 is 0. The molecule has 0 bridgehead atoms. The third-order valence-electron chi connectivity index (χ3n) is 10.5. The minimum atomic E-state index is -1.18. The van der Waals surface area contributed by atoms with Crippen LogP contribution in [0.5, 0.6) is 0 Å². The second kappa shape index (κ2) is 10.1. The summed E-state index contributed by atoms with van der Waals surface area (Å²) in [5, 5.41) is 11.6. The first kappa shape index (κ1) is 28.5. The van der Waals surface area contributed by atoms with Crippen molar-refractivity contribution in [2.75, 3.05) is 19.8 Å². The molecule has 0 aromatic carbocycles. The highest BCUT2D eigenvalue weighted by Crippen LogP contribution is 2.70. The molecule has 1 N–H and O–H groups in total. The van der Waals surface area contributed by atoms with Gasteiger partial charge in [-0.2, -0.15) is 0 Å². The maximum Gasteiger partial charge on any atom is 0.333 e. The van der Waals surface area contributed by atoms with Crippen LogP contribution < -0.4 is 0 Å². The standard InChI is InChI=1S/C29H42O10/c1-7-15(2)25(33)38-20-12-21(32)29(14-36-29)28(13-35-17(4)30)23(37-18(5)31)10-16(3)27(6,24(20)28)22-11-19-8-9-34-26(19)39-22/h7,16,19-24,26,32H,8-14H2,1-6H3/b15-7+/t16-,19-,20-,21+,22+,23+,24-,26+,27-,28-,29-/m1/s1. The molecule has 39 heavy (non-hydrogen) atoms. The number of rotatable bonds is 6. The summed E-state index contributed by atoms with van der Waals surface area (Å²) in [6, 6.07) is 0. The quantitative estimate of drug-likeness (QED) is 0.228. The van der Waals surface area contributed by atoms with E-state index >= 15 is 0 Å². The summed E-state index contributed by atoms with van der Waals surface area (Å²) in [6.07, 6.45) is 0.849. The van der Waals surface area contributed by atoms with Crippen molar-refractivity contribution in [2.45, 2.75) is 104 Å². The van der Waals surface area contributed by atoms with Gasteiger partial charge in [-0.15, -0.1) is 0 Å². The van der Waals surface area contributed by atoms with Gasteiger partial charge >= 0.3 is 17.9 Å². The number of ether oxygens (including phenoxy) is 6. The average Bonchev–Trinajstić information content (AvgIpc) is 3.38. The molecule has 5 aliphatic rings. The fourth-order valence-corrected chi connectivity index (χ4v) is 8.25. The van der Waals surface area contributed by atoms with Crippen molar-refractivity contribution < 1.29 is 47.9 Å². The SMILES string of the molecule is C/C=C(\C)C(=O)O[C@@H]1C[C@H](O)[C@]2(CO2)[C@]2(COC(C)=O)[C@@H](OC(C)=O)C[C@@H](C)[C@](C)([C@@H]3C[C@H]4CCO[C@H]4O3)[C@@H]12. The van der Waals surface area contributed by atoms with Crippen molar-refractivity contribution in [2.24, 2.45) is 28.6 Å².